The number of ether oxygens (including phenoxy) is 1. The molecule has 0 atom stereocenters. The molecular formula is C16H16O3. The van der Waals surface area contributed by atoms with E-state index in [0.29, 0.717) is 11.3 Å². The molecule has 0 bridgehead atoms. The van der Waals surface area contributed by atoms with Gasteiger partial charge in [0.15, 0.2) is 5.78 Å². The molecule has 2 rings (SSSR count). The van der Waals surface area contributed by atoms with Gasteiger partial charge in [0.1, 0.15) is 18.1 Å². The summed E-state index contributed by atoms with van der Waals surface area (Å²) in [5, 5.41) is 8.76. The topological polar surface area (TPSA) is 46.5 Å². The summed E-state index contributed by atoms with van der Waals surface area (Å²) in [6.07, 6.45) is 0.998. The molecule has 1 N–H and O–H groups in total. The van der Waals surface area contributed by atoms with E-state index in [1.54, 1.807) is 24.3 Å². The molecule has 0 unspecified atom stereocenters. The van der Waals surface area contributed by atoms with Gasteiger partial charge >= 0.3 is 0 Å². The third-order valence-corrected chi connectivity index (χ3v) is 2.89. The van der Waals surface area contributed by atoms with Gasteiger partial charge in [0.25, 0.3) is 0 Å². The number of carbonyl (C=O) groups excluding carboxylic acids is 1. The van der Waals surface area contributed by atoms with Crippen molar-refractivity contribution < 1.29 is 14.6 Å². The van der Waals surface area contributed by atoms with E-state index in [0.717, 1.165) is 12.2 Å². The Morgan fingerprint density at radius 3 is 2.00 bits per heavy atom. The molecule has 0 aliphatic heterocycles. The number of carbonyl (C=O) groups is 1. The number of aliphatic hydroxyl groups is 1. The fourth-order valence-electron chi connectivity index (χ4n) is 1.73. The Bertz CT molecular complexity index is 541. The molecule has 0 saturated heterocycles. The fourth-order valence-corrected chi connectivity index (χ4v) is 1.73. The number of hydrogen-bond donors (Lipinski definition) is 1. The largest absolute Gasteiger partial charge is 0.457 e. The molecule has 3 nitrogen and oxygen atoms in total. The predicted molar refractivity (Wildman–Crippen MR) is 73.8 cm³/mol. The van der Waals surface area contributed by atoms with Gasteiger partial charge in [0, 0.05) is 5.56 Å². The second kappa shape index (κ2) is 6.16. The van der Waals surface area contributed by atoms with Crippen molar-refractivity contribution in [1.82, 2.24) is 0 Å². The standard InChI is InChI=1S/C16H16O3/c1-2-12-3-7-14(8-4-12)19-15-9-5-13(6-10-15)16(18)11-17/h3-10,17H,2,11H2,1H3. The Kier molecular flexibility index (Phi) is 4.31. The molecule has 0 radical (unpaired) electrons. The smallest absolute Gasteiger partial charge is 0.188 e. The first-order valence-corrected chi connectivity index (χ1v) is 6.24. The molecule has 0 aliphatic carbocycles. The molecule has 0 amide bonds. The monoisotopic (exact) mass is 256 g/mol. The van der Waals surface area contributed by atoms with Crippen LogP contribution in [0.4, 0.5) is 0 Å². The number of aryl methyl sites for hydroxylation is 1. The number of hydrogen-bond acceptors (Lipinski definition) is 3. The Hall–Kier alpha value is -2.13. The predicted octanol–water partition coefficient (Wildman–Crippen LogP) is 3.22. The zero-order valence-corrected chi connectivity index (χ0v) is 10.8. The molecule has 0 saturated carbocycles. The summed E-state index contributed by atoms with van der Waals surface area (Å²) in [4.78, 5) is 11.3. The van der Waals surface area contributed by atoms with Gasteiger partial charge in [0.2, 0.25) is 0 Å². The van der Waals surface area contributed by atoms with E-state index in [9.17, 15) is 4.79 Å². The summed E-state index contributed by atoms with van der Waals surface area (Å²) in [6, 6.07) is 14.6. The maximum absolute atomic E-state index is 11.3. The zero-order valence-electron chi connectivity index (χ0n) is 10.8. The average Bonchev–Trinajstić information content (AvgIpc) is 2.48. The van der Waals surface area contributed by atoms with E-state index >= 15 is 0 Å². The number of rotatable bonds is 5. The lowest BCUT2D eigenvalue weighted by Gasteiger charge is -2.07. The van der Waals surface area contributed by atoms with Crippen molar-refractivity contribution >= 4 is 5.78 Å². The third-order valence-electron chi connectivity index (χ3n) is 2.89. The second-order valence-corrected chi connectivity index (χ2v) is 4.21. The van der Waals surface area contributed by atoms with Crippen molar-refractivity contribution in [2.75, 3.05) is 6.61 Å². The van der Waals surface area contributed by atoms with E-state index in [-0.39, 0.29) is 5.78 Å². The maximum atomic E-state index is 11.3. The lowest BCUT2D eigenvalue weighted by atomic mass is 10.1. The zero-order chi connectivity index (χ0) is 13.7. The van der Waals surface area contributed by atoms with Crippen molar-refractivity contribution in [2.24, 2.45) is 0 Å². The van der Waals surface area contributed by atoms with Gasteiger partial charge in [-0.3, -0.25) is 4.79 Å². The lowest BCUT2D eigenvalue weighted by Crippen LogP contribution is -2.03. The molecule has 0 heterocycles. The van der Waals surface area contributed by atoms with E-state index in [4.69, 9.17) is 9.84 Å². The number of Topliss-reactive ketones (excluding diaryl/α,β-unsaturated/α-hetero) is 1. The van der Waals surface area contributed by atoms with Crippen LogP contribution in [0.1, 0.15) is 22.8 Å². The minimum absolute atomic E-state index is 0.293. The van der Waals surface area contributed by atoms with Gasteiger partial charge in [-0.1, -0.05) is 19.1 Å². The molecule has 0 fully saturated rings. The summed E-state index contributed by atoms with van der Waals surface area (Å²) >= 11 is 0. The van der Waals surface area contributed by atoms with Crippen LogP contribution >= 0.6 is 0 Å². The second-order valence-electron chi connectivity index (χ2n) is 4.21. The lowest BCUT2D eigenvalue weighted by molar-refractivity contribution is 0.0903. The van der Waals surface area contributed by atoms with Gasteiger partial charge in [-0.2, -0.15) is 0 Å². The molecule has 2 aromatic rings. The molecule has 19 heavy (non-hydrogen) atoms. The molecule has 0 aromatic heterocycles. The van der Waals surface area contributed by atoms with Crippen LogP contribution in [0.25, 0.3) is 0 Å². The van der Waals surface area contributed by atoms with Crippen molar-refractivity contribution in [3.8, 4) is 11.5 Å². The summed E-state index contributed by atoms with van der Waals surface area (Å²) in [5.74, 6) is 1.14. The van der Waals surface area contributed by atoms with E-state index in [1.165, 1.54) is 5.56 Å². The normalized spacial score (nSPS) is 10.2. The summed E-state index contributed by atoms with van der Waals surface area (Å²) in [5.41, 5.74) is 1.74. The minimum Gasteiger partial charge on any atom is -0.457 e. The van der Waals surface area contributed by atoms with E-state index in [1.807, 2.05) is 24.3 Å². The SMILES string of the molecule is CCc1ccc(Oc2ccc(C(=O)CO)cc2)cc1. The first-order chi connectivity index (χ1) is 9.22. The summed E-state index contributed by atoms with van der Waals surface area (Å²) < 4.78 is 5.67. The Labute approximate surface area is 112 Å². The first-order valence-electron chi connectivity index (χ1n) is 6.24. The van der Waals surface area contributed by atoms with Gasteiger partial charge in [-0.25, -0.2) is 0 Å². The fraction of sp³-hybridized carbons (Fsp3) is 0.188. The van der Waals surface area contributed by atoms with Crippen LogP contribution in [0.2, 0.25) is 0 Å². The van der Waals surface area contributed by atoms with Crippen LogP contribution in [-0.4, -0.2) is 17.5 Å². The highest BCUT2D eigenvalue weighted by Gasteiger charge is 2.04. The van der Waals surface area contributed by atoms with Crippen LogP contribution in [0.15, 0.2) is 48.5 Å². The van der Waals surface area contributed by atoms with Crippen molar-refractivity contribution in [1.29, 1.82) is 0 Å². The molecule has 3 heteroatoms. The summed E-state index contributed by atoms with van der Waals surface area (Å²) in [6.45, 7) is 1.63. The van der Waals surface area contributed by atoms with Crippen molar-refractivity contribution in [3.05, 3.63) is 59.7 Å². The average molecular weight is 256 g/mol. The van der Waals surface area contributed by atoms with Crippen LogP contribution in [-0.2, 0) is 6.42 Å². The summed E-state index contributed by atoms with van der Waals surface area (Å²) in [7, 11) is 0. The Balaban J connectivity index is 2.08. The van der Waals surface area contributed by atoms with E-state index < -0.39 is 6.61 Å². The number of benzene rings is 2. The highest BCUT2D eigenvalue weighted by atomic mass is 16.5. The molecule has 0 aliphatic rings. The molecular weight excluding hydrogens is 240 g/mol. The van der Waals surface area contributed by atoms with Crippen molar-refractivity contribution in [3.63, 3.8) is 0 Å². The number of aliphatic hydroxyl groups excluding tert-OH is 1. The van der Waals surface area contributed by atoms with Crippen molar-refractivity contribution in [2.45, 2.75) is 13.3 Å². The number of ketones is 1. The highest BCUT2D eigenvalue weighted by molar-refractivity contribution is 5.96. The molecule has 0 spiro atoms. The first kappa shape index (κ1) is 13.3. The van der Waals surface area contributed by atoms with Crippen LogP contribution < -0.4 is 4.74 Å². The van der Waals surface area contributed by atoms with Gasteiger partial charge in [-0.05, 0) is 48.4 Å². The van der Waals surface area contributed by atoms with Gasteiger partial charge < -0.3 is 9.84 Å². The Morgan fingerprint density at radius 1 is 1.00 bits per heavy atom. The van der Waals surface area contributed by atoms with Crippen LogP contribution in [0.5, 0.6) is 11.5 Å². The van der Waals surface area contributed by atoms with Crippen LogP contribution in [0.3, 0.4) is 0 Å². The maximum Gasteiger partial charge on any atom is 0.188 e. The highest BCUT2D eigenvalue weighted by Crippen LogP contribution is 2.22. The van der Waals surface area contributed by atoms with Gasteiger partial charge in [0.05, 0.1) is 0 Å². The molecule has 98 valence electrons. The minimum atomic E-state index is -0.474. The molecule has 2 aromatic carbocycles. The third kappa shape index (κ3) is 3.42. The van der Waals surface area contributed by atoms with Gasteiger partial charge in [-0.15, -0.1) is 0 Å². The Morgan fingerprint density at radius 2 is 1.53 bits per heavy atom. The van der Waals surface area contributed by atoms with Crippen LogP contribution in [0, 0.1) is 0 Å². The quantitative estimate of drug-likeness (QED) is 0.835. The van der Waals surface area contributed by atoms with E-state index in [2.05, 4.69) is 6.92 Å².